The van der Waals surface area contributed by atoms with Gasteiger partial charge in [0, 0.05) is 17.7 Å². The fourth-order valence-electron chi connectivity index (χ4n) is 1.25. The summed E-state index contributed by atoms with van der Waals surface area (Å²) in [7, 11) is 0. The summed E-state index contributed by atoms with van der Waals surface area (Å²) in [5, 5.41) is 0. The molecular formula is C11H13F4NO. The summed E-state index contributed by atoms with van der Waals surface area (Å²) in [5.41, 5.74) is 5.79. The van der Waals surface area contributed by atoms with Gasteiger partial charge in [0.15, 0.2) is 0 Å². The third kappa shape index (κ3) is 4.60. The van der Waals surface area contributed by atoms with Crippen LogP contribution in [0.25, 0.3) is 0 Å². The van der Waals surface area contributed by atoms with E-state index in [9.17, 15) is 17.6 Å². The van der Waals surface area contributed by atoms with E-state index in [1.807, 2.05) is 0 Å². The summed E-state index contributed by atoms with van der Waals surface area (Å²) >= 11 is 0. The van der Waals surface area contributed by atoms with Crippen molar-refractivity contribution in [1.82, 2.24) is 0 Å². The third-order valence-electron chi connectivity index (χ3n) is 2.12. The topological polar surface area (TPSA) is 35.2 Å². The second-order valence-electron chi connectivity index (χ2n) is 3.69. The molecule has 0 amide bonds. The molecule has 1 unspecified atom stereocenters. The first-order valence-corrected chi connectivity index (χ1v) is 5.04. The number of rotatable bonds is 4. The SMILES string of the molecule is CC(N)c1ccc(OCCC(F)(F)F)cc1F. The van der Waals surface area contributed by atoms with Crippen LogP contribution in [0.15, 0.2) is 18.2 Å². The lowest BCUT2D eigenvalue weighted by Gasteiger charge is -2.11. The fourth-order valence-corrected chi connectivity index (χ4v) is 1.25. The number of hydrogen-bond acceptors (Lipinski definition) is 2. The van der Waals surface area contributed by atoms with Crippen LogP contribution in [0.2, 0.25) is 0 Å². The number of halogens is 4. The van der Waals surface area contributed by atoms with Gasteiger partial charge in [0.05, 0.1) is 13.0 Å². The number of ether oxygens (including phenoxy) is 1. The van der Waals surface area contributed by atoms with Crippen molar-refractivity contribution in [1.29, 1.82) is 0 Å². The van der Waals surface area contributed by atoms with E-state index in [0.717, 1.165) is 6.07 Å². The molecule has 0 aromatic heterocycles. The highest BCUT2D eigenvalue weighted by molar-refractivity contribution is 5.30. The first-order chi connectivity index (χ1) is 7.79. The van der Waals surface area contributed by atoms with Crippen LogP contribution in [0.4, 0.5) is 17.6 Å². The van der Waals surface area contributed by atoms with Crippen molar-refractivity contribution in [3.8, 4) is 5.75 Å². The molecule has 1 aromatic rings. The lowest BCUT2D eigenvalue weighted by atomic mass is 10.1. The Morgan fingerprint density at radius 3 is 2.47 bits per heavy atom. The summed E-state index contributed by atoms with van der Waals surface area (Å²) in [5.74, 6) is -0.513. The molecule has 0 aliphatic rings. The number of nitrogens with two attached hydrogens (primary N) is 1. The summed E-state index contributed by atoms with van der Waals surface area (Å²) in [6, 6.07) is 3.37. The minimum absolute atomic E-state index is 0.0659. The van der Waals surface area contributed by atoms with Crippen LogP contribution in [0.5, 0.6) is 5.75 Å². The Labute approximate surface area is 96.4 Å². The quantitative estimate of drug-likeness (QED) is 0.834. The van der Waals surface area contributed by atoms with Crippen LogP contribution in [-0.4, -0.2) is 12.8 Å². The van der Waals surface area contributed by atoms with E-state index < -0.39 is 31.1 Å². The zero-order valence-corrected chi connectivity index (χ0v) is 9.22. The fraction of sp³-hybridized carbons (Fsp3) is 0.455. The Bertz CT molecular complexity index is 376. The highest BCUT2D eigenvalue weighted by Crippen LogP contribution is 2.23. The smallest absolute Gasteiger partial charge is 0.392 e. The van der Waals surface area contributed by atoms with Crippen molar-refractivity contribution in [2.75, 3.05) is 6.61 Å². The lowest BCUT2D eigenvalue weighted by molar-refractivity contribution is -0.139. The van der Waals surface area contributed by atoms with Crippen molar-refractivity contribution >= 4 is 0 Å². The molecular weight excluding hydrogens is 238 g/mol. The van der Waals surface area contributed by atoms with Crippen molar-refractivity contribution in [3.05, 3.63) is 29.6 Å². The monoisotopic (exact) mass is 251 g/mol. The zero-order chi connectivity index (χ0) is 13.1. The van der Waals surface area contributed by atoms with E-state index in [4.69, 9.17) is 10.5 Å². The van der Waals surface area contributed by atoms with Crippen LogP contribution in [0.3, 0.4) is 0 Å². The molecule has 2 nitrogen and oxygen atoms in total. The summed E-state index contributed by atoms with van der Waals surface area (Å²) in [6.07, 6.45) is -5.34. The van der Waals surface area contributed by atoms with Crippen LogP contribution < -0.4 is 10.5 Å². The predicted octanol–water partition coefficient (Wildman–Crippen LogP) is 3.18. The summed E-state index contributed by atoms with van der Waals surface area (Å²) in [6.45, 7) is 1.09. The minimum Gasteiger partial charge on any atom is -0.493 e. The van der Waals surface area contributed by atoms with Crippen LogP contribution in [0.1, 0.15) is 24.9 Å². The van der Waals surface area contributed by atoms with E-state index in [-0.39, 0.29) is 5.75 Å². The molecule has 0 bridgehead atoms. The average Bonchev–Trinajstić information content (AvgIpc) is 2.15. The predicted molar refractivity (Wildman–Crippen MR) is 55.2 cm³/mol. The first-order valence-electron chi connectivity index (χ1n) is 5.04. The third-order valence-corrected chi connectivity index (χ3v) is 2.12. The van der Waals surface area contributed by atoms with Crippen molar-refractivity contribution in [3.63, 3.8) is 0 Å². The van der Waals surface area contributed by atoms with Gasteiger partial charge >= 0.3 is 6.18 Å². The largest absolute Gasteiger partial charge is 0.493 e. The number of benzene rings is 1. The normalized spacial score (nSPS) is 13.5. The molecule has 17 heavy (non-hydrogen) atoms. The molecule has 1 atom stereocenters. The molecule has 6 heteroatoms. The Balaban J connectivity index is 2.59. The molecule has 0 saturated heterocycles. The second-order valence-corrected chi connectivity index (χ2v) is 3.69. The molecule has 1 rings (SSSR count). The van der Waals surface area contributed by atoms with Gasteiger partial charge < -0.3 is 10.5 Å². The lowest BCUT2D eigenvalue weighted by Crippen LogP contribution is -2.13. The maximum absolute atomic E-state index is 13.4. The molecule has 0 aliphatic carbocycles. The molecule has 0 saturated carbocycles. The number of hydrogen-bond donors (Lipinski definition) is 1. The van der Waals surface area contributed by atoms with Crippen LogP contribution >= 0.6 is 0 Å². The molecule has 0 fully saturated rings. The molecule has 0 radical (unpaired) electrons. The van der Waals surface area contributed by atoms with E-state index in [1.165, 1.54) is 12.1 Å². The maximum Gasteiger partial charge on any atom is 0.392 e. The van der Waals surface area contributed by atoms with E-state index in [0.29, 0.717) is 5.56 Å². The van der Waals surface area contributed by atoms with Crippen molar-refractivity contribution < 1.29 is 22.3 Å². The summed E-state index contributed by atoms with van der Waals surface area (Å²) < 4.78 is 53.7. The minimum atomic E-state index is -4.27. The summed E-state index contributed by atoms with van der Waals surface area (Å²) in [4.78, 5) is 0. The zero-order valence-electron chi connectivity index (χ0n) is 9.22. The molecule has 2 N–H and O–H groups in total. The van der Waals surface area contributed by atoms with E-state index in [1.54, 1.807) is 6.92 Å². The van der Waals surface area contributed by atoms with Gasteiger partial charge in [-0.05, 0) is 13.0 Å². The first kappa shape index (κ1) is 13.8. The standard InChI is InChI=1S/C11H13F4NO/c1-7(16)9-3-2-8(6-10(9)12)17-5-4-11(13,14)15/h2-3,6-7H,4-5,16H2,1H3. The highest BCUT2D eigenvalue weighted by Gasteiger charge is 2.26. The van der Waals surface area contributed by atoms with Gasteiger partial charge in [0.2, 0.25) is 0 Å². The van der Waals surface area contributed by atoms with Crippen LogP contribution in [0, 0.1) is 5.82 Å². The Kier molecular flexibility index (Phi) is 4.34. The van der Waals surface area contributed by atoms with Crippen LogP contribution in [-0.2, 0) is 0 Å². The van der Waals surface area contributed by atoms with Gasteiger partial charge in [-0.1, -0.05) is 6.07 Å². The van der Waals surface area contributed by atoms with Gasteiger partial charge in [-0.25, -0.2) is 4.39 Å². The average molecular weight is 251 g/mol. The van der Waals surface area contributed by atoms with Gasteiger partial charge in [-0.3, -0.25) is 0 Å². The van der Waals surface area contributed by atoms with Crippen molar-refractivity contribution in [2.45, 2.75) is 25.6 Å². The number of alkyl halides is 3. The maximum atomic E-state index is 13.4. The van der Waals surface area contributed by atoms with Gasteiger partial charge in [-0.15, -0.1) is 0 Å². The highest BCUT2D eigenvalue weighted by atomic mass is 19.4. The van der Waals surface area contributed by atoms with Crippen molar-refractivity contribution in [2.24, 2.45) is 5.73 Å². The Morgan fingerprint density at radius 1 is 1.35 bits per heavy atom. The molecule has 1 aromatic carbocycles. The Morgan fingerprint density at radius 2 is 2.00 bits per heavy atom. The van der Waals surface area contributed by atoms with E-state index >= 15 is 0 Å². The Hall–Kier alpha value is -1.30. The van der Waals surface area contributed by atoms with Gasteiger partial charge in [0.1, 0.15) is 11.6 Å². The van der Waals surface area contributed by atoms with Gasteiger partial charge in [-0.2, -0.15) is 13.2 Å². The molecule has 0 spiro atoms. The van der Waals surface area contributed by atoms with E-state index in [2.05, 4.69) is 0 Å². The molecule has 0 aliphatic heterocycles. The molecule has 96 valence electrons. The second kappa shape index (κ2) is 5.35. The van der Waals surface area contributed by atoms with Gasteiger partial charge in [0.25, 0.3) is 0 Å². The molecule has 0 heterocycles.